The van der Waals surface area contributed by atoms with E-state index in [2.05, 4.69) is 21.2 Å². The van der Waals surface area contributed by atoms with Crippen LogP contribution >= 0.6 is 11.6 Å². The molecule has 0 aromatic heterocycles. The van der Waals surface area contributed by atoms with Crippen LogP contribution in [0.4, 0.5) is 5.69 Å². The maximum absolute atomic E-state index is 12.2. The molecule has 37 heavy (non-hydrogen) atoms. The number of anilines is 1. The molecule has 0 saturated carbocycles. The molecule has 3 rings (SSSR count). The Balaban J connectivity index is 1.49. The summed E-state index contributed by atoms with van der Waals surface area (Å²) in [5.74, 6) is -1.36. The van der Waals surface area contributed by atoms with Crippen molar-refractivity contribution in [2.45, 2.75) is 20.4 Å². The summed E-state index contributed by atoms with van der Waals surface area (Å²) in [6, 6.07) is 17.7. The van der Waals surface area contributed by atoms with Crippen LogP contribution in [-0.2, 0) is 20.9 Å². The molecule has 0 aliphatic heterocycles. The summed E-state index contributed by atoms with van der Waals surface area (Å²) in [7, 11) is 1.46. The molecule has 3 amide bonds. The van der Waals surface area contributed by atoms with E-state index in [0.717, 1.165) is 16.7 Å². The maximum Gasteiger partial charge on any atom is 0.329 e. The monoisotopic (exact) mass is 522 g/mol. The third-order valence-corrected chi connectivity index (χ3v) is 5.57. The van der Waals surface area contributed by atoms with Gasteiger partial charge in [0.25, 0.3) is 5.91 Å². The summed E-state index contributed by atoms with van der Waals surface area (Å²) in [6.45, 7) is 3.82. The summed E-state index contributed by atoms with van der Waals surface area (Å²) in [5, 5.41) is 9.61. The van der Waals surface area contributed by atoms with Gasteiger partial charge in [-0.3, -0.25) is 14.4 Å². The van der Waals surface area contributed by atoms with Crippen molar-refractivity contribution in [3.05, 3.63) is 87.9 Å². The third-order valence-electron chi connectivity index (χ3n) is 5.16. The van der Waals surface area contributed by atoms with Gasteiger partial charge in [-0.25, -0.2) is 5.43 Å². The lowest BCUT2D eigenvalue weighted by Gasteiger charge is -2.12. The zero-order valence-corrected chi connectivity index (χ0v) is 21.4. The normalized spacial score (nSPS) is 10.6. The Morgan fingerprint density at radius 3 is 2.41 bits per heavy atom. The van der Waals surface area contributed by atoms with E-state index in [1.54, 1.807) is 30.3 Å². The van der Waals surface area contributed by atoms with Crippen molar-refractivity contribution in [1.29, 1.82) is 0 Å². The van der Waals surface area contributed by atoms with E-state index in [4.69, 9.17) is 21.1 Å². The number of hydrogen-bond donors (Lipinski definition) is 3. The number of nitrogens with one attached hydrogen (secondary N) is 3. The Morgan fingerprint density at radius 2 is 1.70 bits per heavy atom. The number of hydrogen-bond acceptors (Lipinski definition) is 6. The summed E-state index contributed by atoms with van der Waals surface area (Å²) in [5.41, 5.74) is 6.21. The van der Waals surface area contributed by atoms with Gasteiger partial charge in [-0.2, -0.15) is 5.10 Å². The molecular weight excluding hydrogens is 496 g/mol. The van der Waals surface area contributed by atoms with Crippen molar-refractivity contribution in [1.82, 2.24) is 10.7 Å². The molecule has 10 heteroatoms. The van der Waals surface area contributed by atoms with Crippen LogP contribution in [0, 0.1) is 13.8 Å². The molecule has 0 unspecified atom stereocenters. The number of nitrogens with zero attached hydrogens (tertiary/aromatic N) is 1. The number of methoxy groups -OCH3 is 1. The van der Waals surface area contributed by atoms with Gasteiger partial charge in [-0.15, -0.1) is 0 Å². The Labute approximate surface area is 219 Å². The highest BCUT2D eigenvalue weighted by atomic mass is 35.5. The number of hydrazone groups is 1. The van der Waals surface area contributed by atoms with Crippen LogP contribution in [0.5, 0.6) is 11.5 Å². The van der Waals surface area contributed by atoms with Gasteiger partial charge in [0.2, 0.25) is 0 Å². The fourth-order valence-electron chi connectivity index (χ4n) is 3.08. The Hall–Kier alpha value is -4.37. The van der Waals surface area contributed by atoms with Crippen LogP contribution in [0.25, 0.3) is 0 Å². The SMILES string of the molecule is COc1cc(/C=N\NC(=O)C(=O)NCc2ccc(C)cc2)ccc1OCC(=O)Nc1ccc(C)c(Cl)c1. The summed E-state index contributed by atoms with van der Waals surface area (Å²) in [6.07, 6.45) is 1.35. The van der Waals surface area contributed by atoms with Crippen molar-refractivity contribution in [2.75, 3.05) is 19.0 Å². The predicted molar refractivity (Wildman–Crippen MR) is 142 cm³/mol. The van der Waals surface area contributed by atoms with Crippen LogP contribution < -0.4 is 25.5 Å². The number of aryl methyl sites for hydroxylation is 2. The lowest BCUT2D eigenvalue weighted by Crippen LogP contribution is -2.37. The fourth-order valence-corrected chi connectivity index (χ4v) is 3.26. The van der Waals surface area contributed by atoms with E-state index < -0.39 is 11.8 Å². The molecule has 0 aliphatic carbocycles. The van der Waals surface area contributed by atoms with E-state index in [1.165, 1.54) is 13.3 Å². The molecule has 0 heterocycles. The zero-order valence-electron chi connectivity index (χ0n) is 20.6. The molecular formula is C27H27ClN4O5. The average Bonchev–Trinajstić information content (AvgIpc) is 2.89. The van der Waals surface area contributed by atoms with Gasteiger partial charge < -0.3 is 20.1 Å². The first-order valence-corrected chi connectivity index (χ1v) is 11.7. The summed E-state index contributed by atoms with van der Waals surface area (Å²) >= 11 is 6.08. The summed E-state index contributed by atoms with van der Waals surface area (Å²) < 4.78 is 10.9. The number of carbonyl (C=O) groups excluding carboxylic acids is 3. The number of ether oxygens (including phenoxy) is 2. The van der Waals surface area contributed by atoms with E-state index in [-0.39, 0.29) is 19.1 Å². The van der Waals surface area contributed by atoms with Gasteiger partial charge >= 0.3 is 11.8 Å². The quantitative estimate of drug-likeness (QED) is 0.225. The van der Waals surface area contributed by atoms with Gasteiger partial charge in [-0.1, -0.05) is 47.5 Å². The molecule has 0 aliphatic rings. The molecule has 0 atom stereocenters. The predicted octanol–water partition coefficient (Wildman–Crippen LogP) is 3.75. The van der Waals surface area contributed by atoms with Crippen LogP contribution in [0.1, 0.15) is 22.3 Å². The van der Waals surface area contributed by atoms with Crippen molar-refractivity contribution in [3.8, 4) is 11.5 Å². The smallest absolute Gasteiger partial charge is 0.329 e. The Morgan fingerprint density at radius 1 is 0.946 bits per heavy atom. The van der Waals surface area contributed by atoms with E-state index in [1.807, 2.05) is 44.2 Å². The Bertz CT molecular complexity index is 1310. The van der Waals surface area contributed by atoms with Gasteiger partial charge in [0.1, 0.15) is 0 Å². The van der Waals surface area contributed by atoms with Gasteiger partial charge in [0, 0.05) is 17.3 Å². The minimum atomic E-state index is -0.892. The van der Waals surface area contributed by atoms with E-state index >= 15 is 0 Å². The molecule has 3 N–H and O–H groups in total. The minimum Gasteiger partial charge on any atom is -0.493 e. The summed E-state index contributed by atoms with van der Waals surface area (Å²) in [4.78, 5) is 36.2. The molecule has 0 fully saturated rings. The molecule has 192 valence electrons. The lowest BCUT2D eigenvalue weighted by molar-refractivity contribution is -0.139. The number of amides is 3. The van der Waals surface area contributed by atoms with Gasteiger partial charge in [0.15, 0.2) is 18.1 Å². The molecule has 0 bridgehead atoms. The first kappa shape index (κ1) is 27.2. The van der Waals surface area contributed by atoms with Crippen molar-refractivity contribution in [2.24, 2.45) is 5.10 Å². The van der Waals surface area contributed by atoms with Gasteiger partial charge in [-0.05, 0) is 60.9 Å². The van der Waals surface area contributed by atoms with Crippen LogP contribution in [-0.4, -0.2) is 37.7 Å². The Kier molecular flexibility index (Phi) is 9.62. The molecule has 0 radical (unpaired) electrons. The molecule has 9 nitrogen and oxygen atoms in total. The number of carbonyl (C=O) groups is 3. The second kappa shape index (κ2) is 13.1. The highest BCUT2D eigenvalue weighted by Crippen LogP contribution is 2.27. The zero-order chi connectivity index (χ0) is 26.8. The van der Waals surface area contributed by atoms with Gasteiger partial charge in [0.05, 0.1) is 13.3 Å². The molecule has 0 spiro atoms. The molecule has 3 aromatic rings. The topological polar surface area (TPSA) is 118 Å². The number of benzene rings is 3. The van der Waals surface area contributed by atoms with Crippen LogP contribution in [0.15, 0.2) is 65.8 Å². The first-order valence-electron chi connectivity index (χ1n) is 11.3. The minimum absolute atomic E-state index is 0.228. The van der Waals surface area contributed by atoms with Crippen LogP contribution in [0.2, 0.25) is 5.02 Å². The number of rotatable bonds is 9. The van der Waals surface area contributed by atoms with Crippen LogP contribution in [0.3, 0.4) is 0 Å². The highest BCUT2D eigenvalue weighted by molar-refractivity contribution is 6.35. The highest BCUT2D eigenvalue weighted by Gasteiger charge is 2.12. The average molecular weight is 523 g/mol. The fraction of sp³-hybridized carbons (Fsp3) is 0.185. The molecule has 0 saturated heterocycles. The number of halogens is 1. The van der Waals surface area contributed by atoms with Crippen molar-refractivity contribution in [3.63, 3.8) is 0 Å². The standard InChI is InChI=1S/C27H27ClN4O5/c1-17-4-7-19(8-5-17)14-29-26(34)27(35)32-30-15-20-9-11-23(24(12-20)36-3)37-16-25(33)31-21-10-6-18(2)22(28)13-21/h4-13,15H,14,16H2,1-3H3,(H,29,34)(H,31,33)(H,32,35)/b30-15-. The van der Waals surface area contributed by atoms with E-state index in [0.29, 0.717) is 27.8 Å². The van der Waals surface area contributed by atoms with Crippen molar-refractivity contribution >= 4 is 41.2 Å². The molecule has 3 aromatic carbocycles. The second-order valence-electron chi connectivity index (χ2n) is 8.08. The van der Waals surface area contributed by atoms with Crippen molar-refractivity contribution < 1.29 is 23.9 Å². The first-order chi connectivity index (χ1) is 17.7. The lowest BCUT2D eigenvalue weighted by atomic mass is 10.1. The largest absolute Gasteiger partial charge is 0.493 e. The second-order valence-corrected chi connectivity index (χ2v) is 8.49. The van der Waals surface area contributed by atoms with E-state index in [9.17, 15) is 14.4 Å². The maximum atomic E-state index is 12.2. The third kappa shape index (κ3) is 8.36.